The number of nitrogens with one attached hydrogen (secondary N) is 1. The van der Waals surface area contributed by atoms with E-state index < -0.39 is 0 Å². The molecule has 0 spiro atoms. The van der Waals surface area contributed by atoms with Crippen molar-refractivity contribution in [2.45, 2.75) is 65.0 Å². The highest BCUT2D eigenvalue weighted by Crippen LogP contribution is 2.32. The monoisotopic (exact) mass is 278 g/mol. The molecule has 1 aliphatic rings. The molecule has 1 unspecified atom stereocenters. The Labute approximate surface area is 121 Å². The van der Waals surface area contributed by atoms with E-state index >= 15 is 0 Å². The van der Waals surface area contributed by atoms with Crippen LogP contribution in [0.3, 0.4) is 0 Å². The van der Waals surface area contributed by atoms with Gasteiger partial charge in [0.25, 0.3) is 5.91 Å². The van der Waals surface area contributed by atoms with E-state index in [9.17, 15) is 4.79 Å². The van der Waals surface area contributed by atoms with Gasteiger partial charge >= 0.3 is 0 Å². The fraction of sp³-hybridized carbons (Fsp3) is 0.688. The van der Waals surface area contributed by atoms with E-state index in [2.05, 4.69) is 16.8 Å². The smallest absolute Gasteiger partial charge is 0.253 e. The van der Waals surface area contributed by atoms with Crippen molar-refractivity contribution in [2.75, 3.05) is 6.61 Å². The van der Waals surface area contributed by atoms with E-state index in [0.717, 1.165) is 17.0 Å². The van der Waals surface area contributed by atoms with Crippen LogP contribution in [0.5, 0.6) is 0 Å². The topological polar surface area (TPSA) is 54.3 Å². The second-order valence-electron chi connectivity index (χ2n) is 6.00. The molecule has 1 fully saturated rings. The predicted molar refractivity (Wildman–Crippen MR) is 80.0 cm³/mol. The van der Waals surface area contributed by atoms with Crippen molar-refractivity contribution in [3.63, 3.8) is 0 Å². The number of amides is 1. The van der Waals surface area contributed by atoms with Crippen molar-refractivity contribution in [3.05, 3.63) is 23.0 Å². The molecule has 112 valence electrons. The number of hydrogen-bond donors (Lipinski definition) is 2. The number of aliphatic hydroxyl groups is 1. The van der Waals surface area contributed by atoms with Gasteiger partial charge in [0.2, 0.25) is 0 Å². The van der Waals surface area contributed by atoms with E-state index in [-0.39, 0.29) is 18.6 Å². The number of aromatic nitrogens is 1. The second kappa shape index (κ2) is 6.44. The van der Waals surface area contributed by atoms with Gasteiger partial charge in [-0.25, -0.2) is 0 Å². The van der Waals surface area contributed by atoms with Gasteiger partial charge in [-0.1, -0.05) is 19.3 Å². The zero-order valence-corrected chi connectivity index (χ0v) is 12.8. The van der Waals surface area contributed by atoms with Crippen molar-refractivity contribution in [1.29, 1.82) is 0 Å². The maximum absolute atomic E-state index is 12.2. The zero-order chi connectivity index (χ0) is 14.7. The molecule has 4 heteroatoms. The fourth-order valence-corrected chi connectivity index (χ4v) is 3.26. The molecule has 0 aliphatic heterocycles. The van der Waals surface area contributed by atoms with Crippen LogP contribution in [0.25, 0.3) is 0 Å². The molecule has 1 amide bonds. The molecule has 1 saturated carbocycles. The van der Waals surface area contributed by atoms with E-state index in [1.807, 2.05) is 13.0 Å². The van der Waals surface area contributed by atoms with Crippen molar-refractivity contribution in [2.24, 2.45) is 0 Å². The fourth-order valence-electron chi connectivity index (χ4n) is 3.26. The van der Waals surface area contributed by atoms with Crippen LogP contribution in [0.4, 0.5) is 0 Å². The first-order chi connectivity index (χ1) is 9.54. The third kappa shape index (κ3) is 3.06. The van der Waals surface area contributed by atoms with Crippen LogP contribution in [-0.2, 0) is 0 Å². The van der Waals surface area contributed by atoms with Gasteiger partial charge in [0.15, 0.2) is 0 Å². The third-order valence-corrected chi connectivity index (χ3v) is 4.32. The number of nitrogens with zero attached hydrogens (tertiary/aromatic N) is 1. The molecular formula is C16H26N2O2. The molecule has 0 aromatic carbocycles. The third-order valence-electron chi connectivity index (χ3n) is 4.32. The molecule has 2 rings (SSSR count). The van der Waals surface area contributed by atoms with Gasteiger partial charge in [-0.3, -0.25) is 4.79 Å². The minimum Gasteiger partial charge on any atom is -0.394 e. The Hall–Kier alpha value is -1.29. The summed E-state index contributed by atoms with van der Waals surface area (Å²) < 4.78 is 2.33. The Morgan fingerprint density at radius 3 is 2.65 bits per heavy atom. The summed E-state index contributed by atoms with van der Waals surface area (Å²) in [7, 11) is 0. The van der Waals surface area contributed by atoms with E-state index in [0.29, 0.717) is 6.04 Å². The molecule has 20 heavy (non-hydrogen) atoms. The zero-order valence-electron chi connectivity index (χ0n) is 12.8. The van der Waals surface area contributed by atoms with Crippen molar-refractivity contribution < 1.29 is 9.90 Å². The van der Waals surface area contributed by atoms with Gasteiger partial charge in [0, 0.05) is 23.5 Å². The lowest BCUT2D eigenvalue weighted by atomic mass is 9.95. The molecule has 1 aromatic heterocycles. The minimum absolute atomic E-state index is 0.0346. The summed E-state index contributed by atoms with van der Waals surface area (Å²) in [6.45, 7) is 5.87. The SMILES string of the molecule is Cc1cc(C(=O)NC(C)CO)c(C)n1C1CCCCC1. The Morgan fingerprint density at radius 1 is 1.40 bits per heavy atom. The van der Waals surface area contributed by atoms with Gasteiger partial charge in [0.1, 0.15) is 0 Å². The molecular weight excluding hydrogens is 252 g/mol. The highest BCUT2D eigenvalue weighted by Gasteiger charge is 2.22. The predicted octanol–water partition coefficient (Wildman–Crippen LogP) is 2.72. The molecule has 1 aliphatic carbocycles. The highest BCUT2D eigenvalue weighted by atomic mass is 16.3. The number of carbonyl (C=O) groups excluding carboxylic acids is 1. The number of hydrogen-bond acceptors (Lipinski definition) is 2. The van der Waals surface area contributed by atoms with Crippen LogP contribution in [0.2, 0.25) is 0 Å². The molecule has 0 saturated heterocycles. The van der Waals surface area contributed by atoms with Gasteiger partial charge in [-0.2, -0.15) is 0 Å². The quantitative estimate of drug-likeness (QED) is 0.889. The summed E-state index contributed by atoms with van der Waals surface area (Å²) in [5.74, 6) is -0.0818. The van der Waals surface area contributed by atoms with E-state index in [1.54, 1.807) is 6.92 Å². The van der Waals surface area contributed by atoms with Crippen LogP contribution in [0.1, 0.15) is 66.8 Å². The lowest BCUT2D eigenvalue weighted by molar-refractivity contribution is 0.0921. The largest absolute Gasteiger partial charge is 0.394 e. The van der Waals surface area contributed by atoms with Crippen LogP contribution in [0, 0.1) is 13.8 Å². The maximum Gasteiger partial charge on any atom is 0.253 e. The molecule has 1 heterocycles. The van der Waals surface area contributed by atoms with E-state index in [4.69, 9.17) is 5.11 Å². The van der Waals surface area contributed by atoms with Crippen LogP contribution in [0.15, 0.2) is 6.07 Å². The number of carbonyl (C=O) groups is 1. The summed E-state index contributed by atoms with van der Waals surface area (Å²) in [5.41, 5.74) is 2.96. The van der Waals surface area contributed by atoms with Gasteiger partial charge in [0.05, 0.1) is 12.2 Å². The van der Waals surface area contributed by atoms with Crippen molar-refractivity contribution in [3.8, 4) is 0 Å². The molecule has 0 bridgehead atoms. The number of aryl methyl sites for hydroxylation is 1. The number of rotatable bonds is 4. The maximum atomic E-state index is 12.2. The average Bonchev–Trinajstić information content (AvgIpc) is 2.75. The van der Waals surface area contributed by atoms with Crippen molar-refractivity contribution >= 4 is 5.91 Å². The molecule has 1 atom stereocenters. The Morgan fingerprint density at radius 2 is 2.05 bits per heavy atom. The van der Waals surface area contributed by atoms with Crippen LogP contribution < -0.4 is 5.32 Å². The van der Waals surface area contributed by atoms with Crippen LogP contribution >= 0.6 is 0 Å². The average molecular weight is 278 g/mol. The lowest BCUT2D eigenvalue weighted by Crippen LogP contribution is -2.35. The summed E-state index contributed by atoms with van der Waals surface area (Å²) in [6, 6.07) is 2.31. The summed E-state index contributed by atoms with van der Waals surface area (Å²) in [4.78, 5) is 12.2. The standard InChI is InChI=1S/C16H26N2O2/c1-11(10-19)17-16(20)15-9-12(2)18(13(15)3)14-7-5-4-6-8-14/h9,11,14,19H,4-8,10H2,1-3H3,(H,17,20). The van der Waals surface area contributed by atoms with Gasteiger partial charge < -0.3 is 15.0 Å². The summed E-state index contributed by atoms with van der Waals surface area (Å²) in [6.07, 6.45) is 6.32. The Bertz CT molecular complexity index is 473. The molecule has 2 N–H and O–H groups in total. The number of aliphatic hydroxyl groups excluding tert-OH is 1. The second-order valence-corrected chi connectivity index (χ2v) is 6.00. The normalized spacial score (nSPS) is 18.0. The minimum atomic E-state index is -0.208. The summed E-state index contributed by atoms with van der Waals surface area (Å²) >= 11 is 0. The van der Waals surface area contributed by atoms with Crippen molar-refractivity contribution in [1.82, 2.24) is 9.88 Å². The Balaban J connectivity index is 2.21. The molecule has 1 aromatic rings. The summed E-state index contributed by atoms with van der Waals surface area (Å²) in [5, 5.41) is 11.9. The molecule has 0 radical (unpaired) electrons. The molecule has 4 nitrogen and oxygen atoms in total. The first-order valence-corrected chi connectivity index (χ1v) is 7.64. The first-order valence-electron chi connectivity index (χ1n) is 7.64. The van der Waals surface area contributed by atoms with Gasteiger partial charge in [-0.05, 0) is 39.7 Å². The highest BCUT2D eigenvalue weighted by molar-refractivity contribution is 5.95. The van der Waals surface area contributed by atoms with Gasteiger partial charge in [-0.15, -0.1) is 0 Å². The lowest BCUT2D eigenvalue weighted by Gasteiger charge is -2.26. The Kier molecular flexibility index (Phi) is 4.86. The van der Waals surface area contributed by atoms with Crippen LogP contribution in [-0.4, -0.2) is 28.2 Å². The van der Waals surface area contributed by atoms with E-state index in [1.165, 1.54) is 32.1 Å². The first kappa shape index (κ1) is 15.1.